The molecule has 0 spiro atoms. The van der Waals surface area contributed by atoms with Gasteiger partial charge in [0.25, 0.3) is 0 Å². The Kier molecular flexibility index (Phi) is 1.86. The second-order valence-corrected chi connectivity index (χ2v) is 2.51. The van der Waals surface area contributed by atoms with Crippen molar-refractivity contribution < 1.29 is 5.21 Å². The Morgan fingerprint density at radius 1 is 1.50 bits per heavy atom. The van der Waals surface area contributed by atoms with Gasteiger partial charge in [0.05, 0.1) is 0 Å². The van der Waals surface area contributed by atoms with E-state index >= 15 is 0 Å². The molecule has 0 unspecified atom stereocenters. The predicted molar refractivity (Wildman–Crippen MR) is 31.8 cm³/mol. The zero-order chi connectivity index (χ0) is 5.98. The van der Waals surface area contributed by atoms with Gasteiger partial charge in [-0.1, -0.05) is 6.42 Å². The van der Waals surface area contributed by atoms with Crippen LogP contribution in [0.15, 0.2) is 0 Å². The Labute approximate surface area is 50.1 Å². The van der Waals surface area contributed by atoms with E-state index in [4.69, 9.17) is 5.21 Å². The van der Waals surface area contributed by atoms with E-state index in [1.54, 1.807) is 0 Å². The van der Waals surface area contributed by atoms with Crippen LogP contribution in [-0.4, -0.2) is 22.9 Å². The van der Waals surface area contributed by atoms with Gasteiger partial charge in [0.15, 0.2) is 0 Å². The molecular weight excluding hydrogens is 102 g/mol. The van der Waals surface area contributed by atoms with Crippen LogP contribution in [-0.2, 0) is 0 Å². The van der Waals surface area contributed by atoms with Crippen molar-refractivity contribution in [2.75, 3.05) is 6.54 Å². The van der Waals surface area contributed by atoms with E-state index in [9.17, 15) is 0 Å². The second kappa shape index (κ2) is 2.46. The maximum atomic E-state index is 9.01. The molecule has 0 amide bonds. The van der Waals surface area contributed by atoms with Crippen LogP contribution in [0.3, 0.4) is 0 Å². The van der Waals surface area contributed by atoms with E-state index in [0.29, 0.717) is 6.04 Å². The van der Waals surface area contributed by atoms with Crippen LogP contribution in [0.4, 0.5) is 0 Å². The summed E-state index contributed by atoms with van der Waals surface area (Å²) in [5.41, 5.74) is 0. The Morgan fingerprint density at radius 2 is 2.25 bits per heavy atom. The van der Waals surface area contributed by atoms with Gasteiger partial charge in [-0.3, -0.25) is 0 Å². The molecule has 0 radical (unpaired) electrons. The number of hydrogen-bond donors (Lipinski definition) is 1. The van der Waals surface area contributed by atoms with Crippen molar-refractivity contribution in [3.05, 3.63) is 0 Å². The van der Waals surface area contributed by atoms with E-state index in [-0.39, 0.29) is 0 Å². The first kappa shape index (κ1) is 6.05. The second-order valence-electron chi connectivity index (χ2n) is 2.51. The van der Waals surface area contributed by atoms with E-state index in [1.165, 1.54) is 11.5 Å². The summed E-state index contributed by atoms with van der Waals surface area (Å²) in [7, 11) is 0. The first-order chi connectivity index (χ1) is 3.80. The van der Waals surface area contributed by atoms with Gasteiger partial charge in [-0.05, 0) is 19.8 Å². The van der Waals surface area contributed by atoms with Crippen molar-refractivity contribution in [3.8, 4) is 0 Å². The maximum Gasteiger partial charge on any atom is 0.0322 e. The first-order valence-electron chi connectivity index (χ1n) is 3.26. The molecule has 1 rings (SSSR count). The highest BCUT2D eigenvalue weighted by Gasteiger charge is 2.14. The zero-order valence-electron chi connectivity index (χ0n) is 5.30. The quantitative estimate of drug-likeness (QED) is 0.513. The molecule has 1 saturated heterocycles. The summed E-state index contributed by atoms with van der Waals surface area (Å²) in [4.78, 5) is 0. The van der Waals surface area contributed by atoms with Crippen LogP contribution >= 0.6 is 0 Å². The van der Waals surface area contributed by atoms with Crippen molar-refractivity contribution in [3.63, 3.8) is 0 Å². The highest BCUT2D eigenvalue weighted by Crippen LogP contribution is 2.12. The largest absolute Gasteiger partial charge is 0.314 e. The lowest BCUT2D eigenvalue weighted by molar-refractivity contribution is -0.136. The molecular formula is C6H13NO. The molecule has 1 heterocycles. The SMILES string of the molecule is C[C@@H]1CCCCN1O. The molecule has 1 aliphatic heterocycles. The molecule has 1 aliphatic rings. The van der Waals surface area contributed by atoms with Gasteiger partial charge >= 0.3 is 0 Å². The van der Waals surface area contributed by atoms with Crippen LogP contribution in [0.25, 0.3) is 0 Å². The van der Waals surface area contributed by atoms with E-state index in [0.717, 1.165) is 19.4 Å². The topological polar surface area (TPSA) is 23.5 Å². The number of nitrogens with zero attached hydrogens (tertiary/aromatic N) is 1. The lowest BCUT2D eigenvalue weighted by Crippen LogP contribution is -2.34. The Balaban J connectivity index is 2.28. The van der Waals surface area contributed by atoms with Gasteiger partial charge in [0.2, 0.25) is 0 Å². The molecule has 2 nitrogen and oxygen atoms in total. The Bertz CT molecular complexity index is 64.9. The monoisotopic (exact) mass is 115 g/mol. The average molecular weight is 115 g/mol. The summed E-state index contributed by atoms with van der Waals surface area (Å²) in [6, 6.07) is 0.392. The molecule has 0 aliphatic carbocycles. The van der Waals surface area contributed by atoms with Crippen LogP contribution in [0, 0.1) is 0 Å². The van der Waals surface area contributed by atoms with Crippen LogP contribution in [0.5, 0.6) is 0 Å². The van der Waals surface area contributed by atoms with Crippen molar-refractivity contribution in [1.82, 2.24) is 5.06 Å². The third-order valence-corrected chi connectivity index (χ3v) is 1.77. The lowest BCUT2D eigenvalue weighted by atomic mass is 10.1. The molecule has 1 atom stereocenters. The van der Waals surface area contributed by atoms with Crippen LogP contribution in [0.1, 0.15) is 26.2 Å². The highest BCUT2D eigenvalue weighted by molar-refractivity contribution is 4.64. The zero-order valence-corrected chi connectivity index (χ0v) is 5.30. The molecule has 0 aromatic carbocycles. The van der Waals surface area contributed by atoms with Gasteiger partial charge < -0.3 is 5.21 Å². The fourth-order valence-corrected chi connectivity index (χ4v) is 1.08. The van der Waals surface area contributed by atoms with Gasteiger partial charge in [0.1, 0.15) is 0 Å². The number of hydroxylamine groups is 2. The third-order valence-electron chi connectivity index (χ3n) is 1.77. The standard InChI is InChI=1S/C6H13NO/c1-6-4-2-3-5-7(6)8/h6,8H,2-5H2,1H3/t6-/m1/s1. The van der Waals surface area contributed by atoms with Gasteiger partial charge in [-0.2, -0.15) is 5.06 Å². The van der Waals surface area contributed by atoms with Crippen molar-refractivity contribution in [2.24, 2.45) is 0 Å². The van der Waals surface area contributed by atoms with Gasteiger partial charge in [-0.15, -0.1) is 0 Å². The molecule has 2 heteroatoms. The molecule has 0 aromatic rings. The minimum atomic E-state index is 0.392. The summed E-state index contributed by atoms with van der Waals surface area (Å²) in [5, 5.41) is 10.4. The normalized spacial score (nSPS) is 33.0. The molecule has 48 valence electrons. The molecule has 1 fully saturated rings. The Hall–Kier alpha value is -0.0800. The minimum absolute atomic E-state index is 0.392. The summed E-state index contributed by atoms with van der Waals surface area (Å²) in [6.07, 6.45) is 3.58. The van der Waals surface area contributed by atoms with Crippen molar-refractivity contribution >= 4 is 0 Å². The average Bonchev–Trinajstić information content (AvgIpc) is 1.77. The van der Waals surface area contributed by atoms with Crippen molar-refractivity contribution in [2.45, 2.75) is 32.2 Å². The van der Waals surface area contributed by atoms with Crippen LogP contribution in [0.2, 0.25) is 0 Å². The number of piperidine rings is 1. The summed E-state index contributed by atoms with van der Waals surface area (Å²) < 4.78 is 0. The highest BCUT2D eigenvalue weighted by atomic mass is 16.5. The summed E-state index contributed by atoms with van der Waals surface area (Å²) in [5.74, 6) is 0. The summed E-state index contributed by atoms with van der Waals surface area (Å²) in [6.45, 7) is 2.92. The fourth-order valence-electron chi connectivity index (χ4n) is 1.08. The van der Waals surface area contributed by atoms with Crippen molar-refractivity contribution in [1.29, 1.82) is 0 Å². The fraction of sp³-hybridized carbons (Fsp3) is 1.00. The lowest BCUT2D eigenvalue weighted by Gasteiger charge is -2.26. The number of hydrogen-bond acceptors (Lipinski definition) is 2. The van der Waals surface area contributed by atoms with E-state index < -0.39 is 0 Å². The molecule has 0 aromatic heterocycles. The van der Waals surface area contributed by atoms with Gasteiger partial charge in [-0.25, -0.2) is 0 Å². The minimum Gasteiger partial charge on any atom is -0.314 e. The molecule has 0 bridgehead atoms. The number of rotatable bonds is 0. The summed E-state index contributed by atoms with van der Waals surface area (Å²) >= 11 is 0. The first-order valence-corrected chi connectivity index (χ1v) is 3.26. The third kappa shape index (κ3) is 1.20. The molecule has 1 N–H and O–H groups in total. The van der Waals surface area contributed by atoms with E-state index in [2.05, 4.69) is 6.92 Å². The van der Waals surface area contributed by atoms with Crippen LogP contribution < -0.4 is 0 Å². The smallest absolute Gasteiger partial charge is 0.0322 e. The maximum absolute atomic E-state index is 9.01. The van der Waals surface area contributed by atoms with E-state index in [1.807, 2.05) is 0 Å². The predicted octanol–water partition coefficient (Wildman–Crippen LogP) is 1.25. The van der Waals surface area contributed by atoms with Gasteiger partial charge in [0, 0.05) is 12.6 Å². The molecule has 8 heavy (non-hydrogen) atoms. The Morgan fingerprint density at radius 3 is 2.62 bits per heavy atom. The molecule has 0 saturated carbocycles.